The summed E-state index contributed by atoms with van der Waals surface area (Å²) in [5.41, 5.74) is 2.22. The number of ether oxygens (including phenoxy) is 1. The monoisotopic (exact) mass is 493 g/mol. The van der Waals surface area contributed by atoms with Crippen LogP contribution in [0.4, 0.5) is 4.79 Å². The fourth-order valence-electron chi connectivity index (χ4n) is 5.38. The third kappa shape index (κ3) is 8.30. The molecule has 0 saturated carbocycles. The zero-order valence-electron chi connectivity index (χ0n) is 22.2. The van der Waals surface area contributed by atoms with Gasteiger partial charge in [0.25, 0.3) is 0 Å². The number of hydrogen-bond acceptors (Lipinski definition) is 6. The molecule has 2 aliphatic rings. The van der Waals surface area contributed by atoms with E-state index >= 15 is 0 Å². The van der Waals surface area contributed by atoms with Gasteiger partial charge in [-0.3, -0.25) is 14.7 Å². The van der Waals surface area contributed by atoms with Crippen molar-refractivity contribution >= 4 is 6.09 Å². The number of alkyl carbamates (subject to hydrolysis) is 1. The fraction of sp³-hybridized carbons (Fsp3) is 0.552. The molecular formula is C29H43N5O2. The van der Waals surface area contributed by atoms with Crippen LogP contribution in [0.1, 0.15) is 31.9 Å². The smallest absolute Gasteiger partial charge is 0.407 e. The molecule has 2 aromatic carbocycles. The Bertz CT molecular complexity index is 896. The van der Waals surface area contributed by atoms with Crippen LogP contribution >= 0.6 is 0 Å². The Morgan fingerprint density at radius 3 is 1.92 bits per heavy atom. The number of carbonyl (C=O) groups excluding carboxylic acids is 1. The summed E-state index contributed by atoms with van der Waals surface area (Å²) in [6.07, 6.45) is -0.343. The molecule has 196 valence electrons. The van der Waals surface area contributed by atoms with E-state index in [2.05, 4.69) is 86.0 Å². The van der Waals surface area contributed by atoms with Crippen LogP contribution in [-0.4, -0.2) is 90.8 Å². The second-order valence-electron chi connectivity index (χ2n) is 11.3. The number of hydrogen-bond donors (Lipinski definition) is 2. The number of amides is 1. The van der Waals surface area contributed by atoms with Crippen molar-refractivity contribution < 1.29 is 9.53 Å². The molecule has 2 fully saturated rings. The largest absolute Gasteiger partial charge is 0.444 e. The Labute approximate surface area is 216 Å². The molecule has 4 rings (SSSR count). The highest BCUT2D eigenvalue weighted by molar-refractivity contribution is 5.67. The van der Waals surface area contributed by atoms with Gasteiger partial charge in [0.1, 0.15) is 5.60 Å². The summed E-state index contributed by atoms with van der Waals surface area (Å²) in [5, 5.41) is 6.86. The molecule has 7 nitrogen and oxygen atoms in total. The molecule has 2 saturated heterocycles. The van der Waals surface area contributed by atoms with Crippen molar-refractivity contribution in [3.05, 3.63) is 71.8 Å². The van der Waals surface area contributed by atoms with Crippen LogP contribution in [0.25, 0.3) is 0 Å². The van der Waals surface area contributed by atoms with Gasteiger partial charge in [-0.25, -0.2) is 4.79 Å². The van der Waals surface area contributed by atoms with E-state index in [1.807, 2.05) is 20.8 Å². The molecular weight excluding hydrogens is 450 g/mol. The zero-order chi connectivity index (χ0) is 25.4. The van der Waals surface area contributed by atoms with Crippen LogP contribution in [0.3, 0.4) is 0 Å². The van der Waals surface area contributed by atoms with Crippen LogP contribution in [0.15, 0.2) is 60.7 Å². The van der Waals surface area contributed by atoms with E-state index < -0.39 is 5.60 Å². The van der Waals surface area contributed by atoms with E-state index in [-0.39, 0.29) is 11.6 Å². The van der Waals surface area contributed by atoms with E-state index in [1.165, 1.54) is 11.1 Å². The van der Waals surface area contributed by atoms with E-state index in [0.717, 1.165) is 65.4 Å². The minimum absolute atomic E-state index is 0.0236. The Kier molecular flexibility index (Phi) is 9.01. The van der Waals surface area contributed by atoms with Crippen molar-refractivity contribution in [1.29, 1.82) is 0 Å². The predicted molar refractivity (Wildman–Crippen MR) is 145 cm³/mol. The summed E-state index contributed by atoms with van der Waals surface area (Å²) in [4.78, 5) is 19.8. The molecule has 0 aliphatic carbocycles. The summed E-state index contributed by atoms with van der Waals surface area (Å²) in [7, 11) is 0. The number of nitrogens with one attached hydrogen (secondary N) is 2. The molecule has 36 heavy (non-hydrogen) atoms. The normalized spacial score (nSPS) is 19.6. The molecule has 0 unspecified atom stereocenters. The van der Waals surface area contributed by atoms with Gasteiger partial charge >= 0.3 is 6.09 Å². The zero-order valence-corrected chi connectivity index (χ0v) is 22.2. The first-order chi connectivity index (χ1) is 17.3. The van der Waals surface area contributed by atoms with Gasteiger partial charge < -0.3 is 15.4 Å². The van der Waals surface area contributed by atoms with Crippen molar-refractivity contribution in [2.45, 2.75) is 45.0 Å². The molecule has 0 aromatic heterocycles. The lowest BCUT2D eigenvalue weighted by Crippen LogP contribution is -2.67. The number of rotatable bonds is 7. The molecule has 2 aromatic rings. The average Bonchev–Trinajstić information content (AvgIpc) is 2.98. The van der Waals surface area contributed by atoms with E-state index in [4.69, 9.17) is 4.74 Å². The van der Waals surface area contributed by atoms with Crippen molar-refractivity contribution in [3.63, 3.8) is 0 Å². The van der Waals surface area contributed by atoms with Gasteiger partial charge in [-0.05, 0) is 31.9 Å². The molecule has 2 N–H and O–H groups in total. The number of nitrogens with zero attached hydrogens (tertiary/aromatic N) is 3. The lowest BCUT2D eigenvalue weighted by Gasteiger charge is -2.46. The topological polar surface area (TPSA) is 60.1 Å². The van der Waals surface area contributed by atoms with E-state index in [0.29, 0.717) is 6.54 Å². The predicted octanol–water partition coefficient (Wildman–Crippen LogP) is 3.17. The lowest BCUT2D eigenvalue weighted by atomic mass is 9.94. The summed E-state index contributed by atoms with van der Waals surface area (Å²) in [6.45, 7) is 16.0. The molecule has 1 spiro atoms. The Balaban J connectivity index is 1.42. The fourth-order valence-corrected chi connectivity index (χ4v) is 5.38. The van der Waals surface area contributed by atoms with E-state index in [1.54, 1.807) is 0 Å². The quantitative estimate of drug-likeness (QED) is 0.618. The van der Waals surface area contributed by atoms with Crippen LogP contribution in [-0.2, 0) is 17.8 Å². The number of carbonyl (C=O) groups is 1. The first-order valence-electron chi connectivity index (χ1n) is 13.3. The highest BCUT2D eigenvalue weighted by atomic mass is 16.6. The van der Waals surface area contributed by atoms with Crippen LogP contribution < -0.4 is 10.6 Å². The molecule has 7 heteroatoms. The molecule has 1 amide bonds. The lowest BCUT2D eigenvalue weighted by molar-refractivity contribution is 0.0506. The van der Waals surface area contributed by atoms with Gasteiger partial charge in [0, 0.05) is 72.0 Å². The van der Waals surface area contributed by atoms with Gasteiger partial charge in [-0.1, -0.05) is 60.7 Å². The second kappa shape index (κ2) is 12.2. The minimum Gasteiger partial charge on any atom is -0.444 e. The standard InChI is InChI=1S/C29H43N5O2/c1-28(2,3)36-27(35)30-14-16-32-17-15-31-29(22-32)23-33(20-25-10-6-4-7-11-25)18-19-34(24-29)21-26-12-8-5-9-13-26/h4-13,31H,14-24H2,1-3H3,(H,30,35). The average molecular weight is 494 g/mol. The van der Waals surface area contributed by atoms with Gasteiger partial charge in [-0.2, -0.15) is 0 Å². The van der Waals surface area contributed by atoms with Crippen LogP contribution in [0.5, 0.6) is 0 Å². The first kappa shape index (κ1) is 26.6. The Morgan fingerprint density at radius 2 is 1.39 bits per heavy atom. The minimum atomic E-state index is -0.478. The maximum atomic E-state index is 12.1. The maximum Gasteiger partial charge on any atom is 0.407 e. The third-order valence-electron chi connectivity index (χ3n) is 6.83. The van der Waals surface area contributed by atoms with Crippen molar-refractivity contribution in [2.24, 2.45) is 0 Å². The van der Waals surface area contributed by atoms with E-state index in [9.17, 15) is 4.79 Å². The van der Waals surface area contributed by atoms with Gasteiger partial charge in [0.05, 0.1) is 5.54 Å². The number of benzene rings is 2. The SMILES string of the molecule is CC(C)(C)OC(=O)NCCN1CCNC2(C1)CN(Cc1ccccc1)CCN(Cc1ccccc1)C2. The highest BCUT2D eigenvalue weighted by Crippen LogP contribution is 2.22. The molecule has 2 heterocycles. The van der Waals surface area contributed by atoms with Gasteiger partial charge in [-0.15, -0.1) is 0 Å². The summed E-state index contributed by atoms with van der Waals surface area (Å²) in [5.74, 6) is 0. The molecule has 0 bridgehead atoms. The summed E-state index contributed by atoms with van der Waals surface area (Å²) >= 11 is 0. The number of piperazine rings is 1. The maximum absolute atomic E-state index is 12.1. The summed E-state index contributed by atoms with van der Waals surface area (Å²) < 4.78 is 5.40. The van der Waals surface area contributed by atoms with Crippen LogP contribution in [0.2, 0.25) is 0 Å². The van der Waals surface area contributed by atoms with Crippen molar-refractivity contribution in [3.8, 4) is 0 Å². The van der Waals surface area contributed by atoms with Gasteiger partial charge in [0.2, 0.25) is 0 Å². The Morgan fingerprint density at radius 1 is 0.861 bits per heavy atom. The molecule has 0 atom stereocenters. The molecule has 0 radical (unpaired) electrons. The van der Waals surface area contributed by atoms with Crippen molar-refractivity contribution in [2.75, 3.05) is 58.9 Å². The molecule has 2 aliphatic heterocycles. The van der Waals surface area contributed by atoms with Crippen LogP contribution in [0, 0.1) is 0 Å². The van der Waals surface area contributed by atoms with Crippen molar-refractivity contribution in [1.82, 2.24) is 25.3 Å². The highest BCUT2D eigenvalue weighted by Gasteiger charge is 2.40. The first-order valence-corrected chi connectivity index (χ1v) is 13.3. The Hall–Kier alpha value is -2.45. The third-order valence-corrected chi connectivity index (χ3v) is 6.83. The van der Waals surface area contributed by atoms with Gasteiger partial charge in [0.15, 0.2) is 0 Å². The second-order valence-corrected chi connectivity index (χ2v) is 11.3. The summed E-state index contributed by atoms with van der Waals surface area (Å²) in [6, 6.07) is 21.6.